The molecule has 3 aromatic rings. The van der Waals surface area contributed by atoms with Crippen LogP contribution in [-0.2, 0) is 13.1 Å². The van der Waals surface area contributed by atoms with Crippen molar-refractivity contribution < 1.29 is 14.6 Å². The van der Waals surface area contributed by atoms with Gasteiger partial charge in [0.05, 0.1) is 24.3 Å². The van der Waals surface area contributed by atoms with E-state index in [1.807, 2.05) is 53.1 Å². The highest BCUT2D eigenvalue weighted by atomic mass is 16.5. The summed E-state index contributed by atoms with van der Waals surface area (Å²) in [7, 11) is 1.62. The van der Waals surface area contributed by atoms with E-state index in [1.165, 1.54) is 12.8 Å². The molecule has 2 aromatic carbocycles. The van der Waals surface area contributed by atoms with Crippen molar-refractivity contribution in [3.63, 3.8) is 0 Å². The topological polar surface area (TPSA) is 66.3 Å². The number of hydrogen-bond acceptors (Lipinski definition) is 4. The number of aromatic carboxylic acids is 1. The molecule has 1 aromatic heterocycles. The van der Waals surface area contributed by atoms with Crippen LogP contribution in [0.3, 0.4) is 0 Å². The molecule has 4 rings (SSSR count). The fourth-order valence-corrected chi connectivity index (χ4v) is 4.58. The second-order valence-corrected chi connectivity index (χ2v) is 8.41. The third-order valence-electron chi connectivity index (χ3n) is 6.34. The minimum Gasteiger partial charge on any atom is -0.543 e. The van der Waals surface area contributed by atoms with E-state index in [0.29, 0.717) is 24.9 Å². The average Bonchev–Trinajstić information content (AvgIpc) is 3.06. The van der Waals surface area contributed by atoms with E-state index >= 15 is 0 Å². The van der Waals surface area contributed by atoms with Crippen LogP contribution in [0.15, 0.2) is 48.5 Å². The Balaban J connectivity index is 1.74. The average molecular weight is 406 g/mol. The Labute approximate surface area is 177 Å². The lowest BCUT2D eigenvalue weighted by Crippen LogP contribution is -2.34. The van der Waals surface area contributed by atoms with Gasteiger partial charge in [-0.15, -0.1) is 0 Å². The summed E-state index contributed by atoms with van der Waals surface area (Å²) in [6.07, 6.45) is 4.71. The van der Waals surface area contributed by atoms with E-state index in [2.05, 4.69) is 12.2 Å². The van der Waals surface area contributed by atoms with Crippen LogP contribution in [0.5, 0.6) is 5.75 Å². The largest absolute Gasteiger partial charge is 0.543 e. The maximum Gasteiger partial charge on any atom is 0.120 e. The number of carbonyl (C=O) groups excluding carboxylic acids is 1. The molecular formula is C25H29N2O3-. The summed E-state index contributed by atoms with van der Waals surface area (Å²) in [5.41, 5.74) is 2.94. The molecule has 1 aliphatic carbocycles. The molecule has 0 saturated heterocycles. The number of hydrogen-bond donors (Lipinski definition) is 1. The number of rotatable bonds is 7. The maximum atomic E-state index is 12.3. The summed E-state index contributed by atoms with van der Waals surface area (Å²) in [6, 6.07) is 16.1. The number of nitrogens with zero attached hydrogens (tertiary/aromatic N) is 1. The predicted molar refractivity (Wildman–Crippen MR) is 117 cm³/mol. The Morgan fingerprint density at radius 2 is 1.87 bits per heavy atom. The number of carboxylic acids is 1. The van der Waals surface area contributed by atoms with Gasteiger partial charge in [-0.05, 0) is 49.3 Å². The highest BCUT2D eigenvalue weighted by molar-refractivity contribution is 5.98. The van der Waals surface area contributed by atoms with Gasteiger partial charge in [-0.1, -0.05) is 37.3 Å². The van der Waals surface area contributed by atoms with Crippen molar-refractivity contribution in [3.8, 4) is 5.75 Å². The van der Waals surface area contributed by atoms with Crippen molar-refractivity contribution in [1.82, 2.24) is 9.88 Å². The summed E-state index contributed by atoms with van der Waals surface area (Å²) in [5.74, 6) is 0.345. The quantitative estimate of drug-likeness (QED) is 0.650. The Kier molecular flexibility index (Phi) is 6.09. The number of nitrogens with one attached hydrogen (secondary N) is 1. The molecule has 5 nitrogen and oxygen atoms in total. The molecule has 1 fully saturated rings. The summed E-state index contributed by atoms with van der Waals surface area (Å²) in [4.78, 5) is 12.3. The molecule has 0 atom stereocenters. The molecule has 1 N–H and O–H groups in total. The van der Waals surface area contributed by atoms with Crippen LogP contribution in [0.2, 0.25) is 0 Å². The SMILES string of the molecule is COc1ccc2c(CNC3CCC(C)CC3)c(C(=O)[O-])n(Cc3ccccc3)c2c1. The van der Waals surface area contributed by atoms with Crippen LogP contribution < -0.4 is 15.2 Å². The first kappa shape index (κ1) is 20.5. The van der Waals surface area contributed by atoms with Gasteiger partial charge in [0.1, 0.15) is 5.75 Å². The zero-order chi connectivity index (χ0) is 21.1. The van der Waals surface area contributed by atoms with Gasteiger partial charge in [0.25, 0.3) is 0 Å². The number of aromatic nitrogens is 1. The zero-order valence-corrected chi connectivity index (χ0v) is 17.7. The standard InChI is InChI=1S/C25H30N2O3/c1-17-8-10-19(11-9-17)26-15-22-21-13-12-20(30-2)14-23(21)27(24(22)25(28)29)16-18-6-4-3-5-7-18/h3-7,12-14,17,19,26H,8-11,15-16H2,1-2H3,(H,28,29)/p-1. The first-order valence-electron chi connectivity index (χ1n) is 10.7. The van der Waals surface area contributed by atoms with E-state index in [4.69, 9.17) is 4.74 Å². The van der Waals surface area contributed by atoms with E-state index in [9.17, 15) is 9.90 Å². The Morgan fingerprint density at radius 3 is 2.53 bits per heavy atom. The van der Waals surface area contributed by atoms with Crippen LogP contribution in [0.25, 0.3) is 10.9 Å². The number of carbonyl (C=O) groups is 1. The fourth-order valence-electron chi connectivity index (χ4n) is 4.58. The van der Waals surface area contributed by atoms with Crippen LogP contribution in [0, 0.1) is 5.92 Å². The number of methoxy groups -OCH3 is 1. The van der Waals surface area contributed by atoms with Gasteiger partial charge in [-0.2, -0.15) is 0 Å². The Morgan fingerprint density at radius 1 is 1.13 bits per heavy atom. The van der Waals surface area contributed by atoms with Crippen molar-refractivity contribution in [3.05, 3.63) is 65.4 Å². The Hall–Kier alpha value is -2.79. The second kappa shape index (κ2) is 8.92. The van der Waals surface area contributed by atoms with Gasteiger partial charge in [-0.25, -0.2) is 0 Å². The van der Waals surface area contributed by atoms with E-state index in [0.717, 1.165) is 40.8 Å². The second-order valence-electron chi connectivity index (χ2n) is 8.41. The molecule has 158 valence electrons. The minimum absolute atomic E-state index is 0.249. The highest BCUT2D eigenvalue weighted by Crippen LogP contribution is 2.31. The molecule has 1 heterocycles. The first-order chi connectivity index (χ1) is 14.6. The van der Waals surface area contributed by atoms with Crippen LogP contribution in [0.4, 0.5) is 0 Å². The summed E-state index contributed by atoms with van der Waals surface area (Å²) < 4.78 is 7.26. The summed E-state index contributed by atoms with van der Waals surface area (Å²) >= 11 is 0. The highest BCUT2D eigenvalue weighted by Gasteiger charge is 2.22. The van der Waals surface area contributed by atoms with Crippen molar-refractivity contribution in [2.75, 3.05) is 7.11 Å². The summed E-state index contributed by atoms with van der Waals surface area (Å²) in [5, 5.41) is 16.8. The molecule has 0 unspecified atom stereocenters. The monoisotopic (exact) mass is 405 g/mol. The van der Waals surface area contributed by atoms with Gasteiger partial charge in [0.2, 0.25) is 0 Å². The van der Waals surface area contributed by atoms with Crippen molar-refractivity contribution in [2.45, 2.75) is 51.7 Å². The number of ether oxygens (including phenoxy) is 1. The molecule has 0 radical (unpaired) electrons. The van der Waals surface area contributed by atoms with E-state index in [-0.39, 0.29) is 5.69 Å². The molecule has 0 spiro atoms. The molecule has 0 amide bonds. The molecule has 0 bridgehead atoms. The first-order valence-corrected chi connectivity index (χ1v) is 10.7. The molecule has 5 heteroatoms. The third-order valence-corrected chi connectivity index (χ3v) is 6.34. The number of fused-ring (bicyclic) bond motifs is 1. The fraction of sp³-hybridized carbons (Fsp3) is 0.400. The molecule has 0 aliphatic heterocycles. The number of benzene rings is 2. The third kappa shape index (κ3) is 4.21. The minimum atomic E-state index is -1.14. The lowest BCUT2D eigenvalue weighted by atomic mass is 9.87. The van der Waals surface area contributed by atoms with Crippen molar-refractivity contribution in [1.29, 1.82) is 0 Å². The van der Waals surface area contributed by atoms with Gasteiger partial charge in [-0.3, -0.25) is 0 Å². The van der Waals surface area contributed by atoms with Crippen LogP contribution in [-0.4, -0.2) is 23.7 Å². The maximum absolute atomic E-state index is 12.3. The van der Waals surface area contributed by atoms with Crippen LogP contribution in [0.1, 0.15) is 54.2 Å². The van der Waals surface area contributed by atoms with Gasteiger partial charge in [0, 0.05) is 36.1 Å². The molecule has 30 heavy (non-hydrogen) atoms. The summed E-state index contributed by atoms with van der Waals surface area (Å²) in [6.45, 7) is 3.29. The lowest BCUT2D eigenvalue weighted by molar-refractivity contribution is -0.255. The predicted octanol–water partition coefficient (Wildman–Crippen LogP) is 3.73. The van der Waals surface area contributed by atoms with E-state index < -0.39 is 5.97 Å². The Bertz CT molecular complexity index is 1020. The molecular weight excluding hydrogens is 376 g/mol. The van der Waals surface area contributed by atoms with Gasteiger partial charge >= 0.3 is 0 Å². The zero-order valence-electron chi connectivity index (χ0n) is 17.7. The van der Waals surface area contributed by atoms with Crippen molar-refractivity contribution in [2.24, 2.45) is 5.92 Å². The van der Waals surface area contributed by atoms with E-state index in [1.54, 1.807) is 7.11 Å². The van der Waals surface area contributed by atoms with Crippen molar-refractivity contribution >= 4 is 16.9 Å². The smallest absolute Gasteiger partial charge is 0.120 e. The number of carboxylic acid groups (broad SMARTS) is 1. The van der Waals surface area contributed by atoms with Gasteiger partial charge < -0.3 is 24.5 Å². The lowest BCUT2D eigenvalue weighted by Gasteiger charge is -2.27. The van der Waals surface area contributed by atoms with Crippen LogP contribution >= 0.6 is 0 Å². The normalized spacial score (nSPS) is 19.1. The van der Waals surface area contributed by atoms with Gasteiger partial charge in [0.15, 0.2) is 0 Å². The molecule has 1 saturated carbocycles. The molecule has 1 aliphatic rings.